The van der Waals surface area contributed by atoms with Gasteiger partial charge >= 0.3 is 5.69 Å². The number of thioether (sulfide) groups is 1. The van der Waals surface area contributed by atoms with Crippen molar-refractivity contribution in [3.8, 4) is 5.75 Å². The quantitative estimate of drug-likeness (QED) is 0.561. The monoisotopic (exact) mass is 466 g/mol. The first-order chi connectivity index (χ1) is 15.8. The van der Waals surface area contributed by atoms with Crippen LogP contribution in [-0.4, -0.2) is 44.2 Å². The third-order valence-electron chi connectivity index (χ3n) is 5.22. The Kier molecular flexibility index (Phi) is 6.10. The topological polar surface area (TPSA) is 103 Å². The molecule has 1 aromatic heterocycles. The van der Waals surface area contributed by atoms with Crippen molar-refractivity contribution in [2.75, 3.05) is 18.5 Å². The molecule has 170 valence electrons. The van der Waals surface area contributed by atoms with Gasteiger partial charge in [-0.25, -0.2) is 4.79 Å². The average Bonchev–Trinajstić information content (AvgIpc) is 3.17. The molecule has 10 heteroatoms. The van der Waals surface area contributed by atoms with Crippen molar-refractivity contribution in [3.63, 3.8) is 0 Å². The smallest absolute Gasteiger partial charge is 0.328 e. The summed E-state index contributed by atoms with van der Waals surface area (Å²) in [5.74, 6) is -0.336. The molecule has 33 heavy (non-hydrogen) atoms. The van der Waals surface area contributed by atoms with Crippen LogP contribution in [0.5, 0.6) is 5.75 Å². The normalized spacial score (nSPS) is 15.0. The van der Waals surface area contributed by atoms with Gasteiger partial charge in [0, 0.05) is 19.8 Å². The number of hydrogen-bond acceptors (Lipinski definition) is 6. The molecule has 1 aliphatic heterocycles. The molecule has 1 N–H and O–H groups in total. The highest BCUT2D eigenvalue weighted by Crippen LogP contribution is 2.32. The zero-order chi connectivity index (χ0) is 23.7. The second-order valence-corrected chi connectivity index (χ2v) is 8.42. The van der Waals surface area contributed by atoms with Crippen LogP contribution in [0.3, 0.4) is 0 Å². The molecule has 0 unspecified atom stereocenters. The van der Waals surface area contributed by atoms with E-state index in [2.05, 4.69) is 5.32 Å². The van der Waals surface area contributed by atoms with E-state index in [0.29, 0.717) is 29.1 Å². The third-order valence-corrected chi connectivity index (χ3v) is 6.13. The van der Waals surface area contributed by atoms with Crippen LogP contribution in [-0.2, 0) is 23.7 Å². The maximum absolute atomic E-state index is 12.8. The first-order valence-electron chi connectivity index (χ1n) is 10.2. The van der Waals surface area contributed by atoms with Gasteiger partial charge in [0.15, 0.2) is 0 Å². The highest BCUT2D eigenvalue weighted by atomic mass is 32.2. The second kappa shape index (κ2) is 8.99. The van der Waals surface area contributed by atoms with Crippen LogP contribution in [0.4, 0.5) is 10.5 Å². The van der Waals surface area contributed by atoms with Gasteiger partial charge < -0.3 is 10.1 Å². The SMILES string of the molecule is CCOc1ccc(NC(=O)CN2C(=O)SC(=Cc3ccc4c(c3)n(C)c(=O)n4C)C2=O)cc1. The van der Waals surface area contributed by atoms with Crippen molar-refractivity contribution in [2.45, 2.75) is 6.92 Å². The molecule has 4 rings (SSSR count). The summed E-state index contributed by atoms with van der Waals surface area (Å²) < 4.78 is 8.42. The lowest BCUT2D eigenvalue weighted by molar-refractivity contribution is -0.127. The van der Waals surface area contributed by atoms with E-state index in [4.69, 9.17) is 4.74 Å². The Morgan fingerprint density at radius 1 is 1.03 bits per heavy atom. The Morgan fingerprint density at radius 2 is 1.73 bits per heavy atom. The van der Waals surface area contributed by atoms with Crippen LogP contribution < -0.4 is 15.7 Å². The van der Waals surface area contributed by atoms with Gasteiger partial charge in [0.25, 0.3) is 11.1 Å². The molecule has 0 bridgehead atoms. The summed E-state index contributed by atoms with van der Waals surface area (Å²) in [6.07, 6.45) is 1.59. The van der Waals surface area contributed by atoms with Crippen molar-refractivity contribution in [2.24, 2.45) is 14.1 Å². The number of ether oxygens (including phenoxy) is 1. The number of imide groups is 1. The number of imidazole rings is 1. The van der Waals surface area contributed by atoms with E-state index >= 15 is 0 Å². The van der Waals surface area contributed by atoms with Gasteiger partial charge in [-0.1, -0.05) is 6.07 Å². The zero-order valence-corrected chi connectivity index (χ0v) is 19.1. The van der Waals surface area contributed by atoms with E-state index in [9.17, 15) is 19.2 Å². The largest absolute Gasteiger partial charge is 0.494 e. The first kappa shape index (κ1) is 22.4. The van der Waals surface area contributed by atoms with Gasteiger partial charge in [-0.3, -0.25) is 28.4 Å². The fourth-order valence-corrected chi connectivity index (χ4v) is 4.38. The van der Waals surface area contributed by atoms with E-state index in [1.165, 1.54) is 9.13 Å². The molecule has 0 radical (unpaired) electrons. The number of nitrogens with zero attached hydrogens (tertiary/aromatic N) is 3. The molecule has 0 atom stereocenters. The second-order valence-electron chi connectivity index (χ2n) is 7.42. The number of amides is 3. The summed E-state index contributed by atoms with van der Waals surface area (Å²) >= 11 is 0.779. The van der Waals surface area contributed by atoms with Gasteiger partial charge in [-0.15, -0.1) is 0 Å². The standard InChI is InChI=1S/C23H22N4O5S/c1-4-32-16-8-6-15(7-9-16)24-20(28)13-27-21(29)19(33-23(27)31)12-14-5-10-17-18(11-14)26(3)22(30)25(17)2/h5-12H,4,13H2,1-3H3,(H,24,28). The summed E-state index contributed by atoms with van der Waals surface area (Å²) in [5, 5.41) is 2.16. The van der Waals surface area contributed by atoms with E-state index in [1.54, 1.807) is 62.6 Å². The lowest BCUT2D eigenvalue weighted by atomic mass is 10.2. The summed E-state index contributed by atoms with van der Waals surface area (Å²) in [5.41, 5.74) is 2.53. The number of aromatic nitrogens is 2. The Balaban J connectivity index is 1.47. The van der Waals surface area contributed by atoms with Crippen LogP contribution in [0, 0.1) is 0 Å². The molecule has 0 saturated carbocycles. The number of carbonyl (C=O) groups is 3. The van der Waals surface area contributed by atoms with Crippen molar-refractivity contribution >= 4 is 51.6 Å². The molecular weight excluding hydrogens is 444 g/mol. The summed E-state index contributed by atoms with van der Waals surface area (Å²) in [6.45, 7) is 2.03. The van der Waals surface area contributed by atoms with E-state index in [-0.39, 0.29) is 17.1 Å². The number of aryl methyl sites for hydroxylation is 2. The van der Waals surface area contributed by atoms with Gasteiger partial charge in [-0.05, 0) is 66.7 Å². The minimum Gasteiger partial charge on any atom is -0.494 e. The van der Waals surface area contributed by atoms with E-state index in [0.717, 1.165) is 22.2 Å². The predicted octanol–water partition coefficient (Wildman–Crippen LogP) is 2.95. The number of carbonyl (C=O) groups excluding carboxylic acids is 3. The molecule has 1 fully saturated rings. The number of benzene rings is 2. The molecule has 9 nitrogen and oxygen atoms in total. The Hall–Kier alpha value is -3.79. The maximum atomic E-state index is 12.8. The number of nitrogens with one attached hydrogen (secondary N) is 1. The van der Waals surface area contributed by atoms with Crippen molar-refractivity contribution in [3.05, 3.63) is 63.4 Å². The van der Waals surface area contributed by atoms with Crippen molar-refractivity contribution in [1.29, 1.82) is 0 Å². The summed E-state index contributed by atoms with van der Waals surface area (Å²) in [6, 6.07) is 12.2. The molecule has 2 heterocycles. The highest BCUT2D eigenvalue weighted by Gasteiger charge is 2.36. The molecule has 0 spiro atoms. The molecule has 1 aliphatic rings. The molecular formula is C23H22N4O5S. The average molecular weight is 467 g/mol. The number of fused-ring (bicyclic) bond motifs is 1. The first-order valence-corrected chi connectivity index (χ1v) is 11.0. The number of rotatable bonds is 6. The zero-order valence-electron chi connectivity index (χ0n) is 18.3. The lowest BCUT2D eigenvalue weighted by Gasteiger charge is -2.12. The third kappa shape index (κ3) is 4.42. The molecule has 3 amide bonds. The van der Waals surface area contributed by atoms with Crippen LogP contribution in [0.2, 0.25) is 0 Å². The van der Waals surface area contributed by atoms with E-state index in [1.807, 2.05) is 6.92 Å². The highest BCUT2D eigenvalue weighted by molar-refractivity contribution is 8.18. The lowest BCUT2D eigenvalue weighted by Crippen LogP contribution is -2.36. The predicted molar refractivity (Wildman–Crippen MR) is 127 cm³/mol. The number of hydrogen-bond donors (Lipinski definition) is 1. The molecule has 0 aliphatic carbocycles. The maximum Gasteiger partial charge on any atom is 0.328 e. The summed E-state index contributed by atoms with van der Waals surface area (Å²) in [7, 11) is 3.36. The van der Waals surface area contributed by atoms with Gasteiger partial charge in [0.2, 0.25) is 5.91 Å². The van der Waals surface area contributed by atoms with Gasteiger partial charge in [-0.2, -0.15) is 0 Å². The summed E-state index contributed by atoms with van der Waals surface area (Å²) in [4.78, 5) is 50.8. The Labute approximate surface area is 193 Å². The molecule has 2 aromatic carbocycles. The molecule has 1 saturated heterocycles. The van der Waals surface area contributed by atoms with Crippen LogP contribution in [0.25, 0.3) is 17.1 Å². The minimum atomic E-state index is -0.533. The van der Waals surface area contributed by atoms with Crippen LogP contribution in [0.1, 0.15) is 12.5 Å². The fourth-order valence-electron chi connectivity index (χ4n) is 3.55. The van der Waals surface area contributed by atoms with E-state index < -0.39 is 17.1 Å². The fraction of sp³-hybridized carbons (Fsp3) is 0.217. The van der Waals surface area contributed by atoms with Gasteiger partial charge in [0.05, 0.1) is 22.5 Å². The Bertz CT molecular complexity index is 1350. The van der Waals surface area contributed by atoms with Crippen molar-refractivity contribution in [1.82, 2.24) is 14.0 Å². The Morgan fingerprint density at radius 3 is 2.42 bits per heavy atom. The van der Waals surface area contributed by atoms with Crippen LogP contribution >= 0.6 is 11.8 Å². The van der Waals surface area contributed by atoms with Crippen molar-refractivity contribution < 1.29 is 19.1 Å². The number of anilines is 1. The van der Waals surface area contributed by atoms with Crippen LogP contribution in [0.15, 0.2) is 52.2 Å². The molecule has 3 aromatic rings. The minimum absolute atomic E-state index is 0.152. The van der Waals surface area contributed by atoms with Gasteiger partial charge in [0.1, 0.15) is 12.3 Å².